The lowest BCUT2D eigenvalue weighted by molar-refractivity contribution is -0.303. The molecule has 2 rings (SSSR count). The first-order valence-electron chi connectivity index (χ1n) is 11.4. The van der Waals surface area contributed by atoms with Crippen LogP contribution in [-0.4, -0.2) is 105 Å². The third-order valence-corrected chi connectivity index (χ3v) is 5.69. The van der Waals surface area contributed by atoms with Crippen LogP contribution in [0.1, 0.15) is 31.7 Å². The van der Waals surface area contributed by atoms with E-state index >= 15 is 0 Å². The largest absolute Gasteiger partial charge is 0.394 e. The zero-order chi connectivity index (χ0) is 26.1. The third kappa shape index (κ3) is 8.78. The number of aliphatic hydroxyl groups is 6. The normalized spacial score (nSPS) is 27.0. The van der Waals surface area contributed by atoms with Gasteiger partial charge in [-0.15, -0.1) is 0 Å². The maximum absolute atomic E-state index is 12.1. The maximum Gasteiger partial charge on any atom is 0.224 e. The predicted octanol–water partition coefficient (Wildman–Crippen LogP) is -1.85. The Balaban J connectivity index is 1.87. The van der Waals surface area contributed by atoms with E-state index in [0.717, 1.165) is 5.56 Å². The van der Waals surface area contributed by atoms with Gasteiger partial charge in [-0.1, -0.05) is 12.1 Å². The summed E-state index contributed by atoms with van der Waals surface area (Å²) in [5, 5.41) is 65.2. The van der Waals surface area contributed by atoms with Crippen LogP contribution in [0, 0.1) is 6.92 Å². The molecule has 0 aliphatic carbocycles. The number of rotatable bonds is 12. The van der Waals surface area contributed by atoms with Crippen LogP contribution in [0.15, 0.2) is 24.3 Å². The van der Waals surface area contributed by atoms with Crippen LogP contribution >= 0.6 is 0 Å². The number of ether oxygens (including phenoxy) is 2. The van der Waals surface area contributed by atoms with E-state index in [1.54, 1.807) is 6.07 Å². The average Bonchev–Trinajstić information content (AvgIpc) is 2.80. The molecule has 8 atom stereocenters. The lowest BCUT2D eigenvalue weighted by atomic mass is 9.99. The molecule has 1 fully saturated rings. The van der Waals surface area contributed by atoms with E-state index in [1.165, 1.54) is 6.92 Å². The molecule has 0 bridgehead atoms. The van der Waals surface area contributed by atoms with Gasteiger partial charge in [0.2, 0.25) is 11.8 Å². The number of aliphatic hydroxyl groups excluding tert-OH is 6. The summed E-state index contributed by atoms with van der Waals surface area (Å²) >= 11 is 0. The highest BCUT2D eigenvalue weighted by Gasteiger charge is 2.44. The molecule has 1 aromatic carbocycles. The SMILES string of the molecule is CC(=O)N[C@@H](CO[C@H]1OC(CO)[C@H](O)C(O)[C@@H]1O)[C@H](O)[C@H](O)CCCC(=O)Nc1cccc(C)c1. The summed E-state index contributed by atoms with van der Waals surface area (Å²) in [5.41, 5.74) is 1.66. The molecule has 1 heterocycles. The molecule has 1 aliphatic heterocycles. The van der Waals surface area contributed by atoms with Crippen molar-refractivity contribution in [3.63, 3.8) is 0 Å². The highest BCUT2D eigenvalue weighted by atomic mass is 16.7. The van der Waals surface area contributed by atoms with E-state index in [2.05, 4.69) is 10.6 Å². The first-order valence-corrected chi connectivity index (χ1v) is 11.4. The quantitative estimate of drug-likeness (QED) is 0.161. The monoisotopic (exact) mass is 500 g/mol. The van der Waals surface area contributed by atoms with Gasteiger partial charge in [-0.3, -0.25) is 9.59 Å². The fraction of sp³-hybridized carbons (Fsp3) is 0.652. The Labute approximate surface area is 203 Å². The topological polar surface area (TPSA) is 198 Å². The summed E-state index contributed by atoms with van der Waals surface area (Å²) in [6, 6.07) is 6.19. The van der Waals surface area contributed by atoms with E-state index in [-0.39, 0.29) is 25.2 Å². The molecular formula is C23H36N2O10. The summed E-state index contributed by atoms with van der Waals surface area (Å²) in [5.74, 6) is -0.766. The number of aryl methyl sites for hydroxylation is 1. The van der Waals surface area contributed by atoms with Crippen molar-refractivity contribution in [2.24, 2.45) is 0 Å². The van der Waals surface area contributed by atoms with Crippen molar-refractivity contribution >= 4 is 17.5 Å². The fourth-order valence-corrected chi connectivity index (χ4v) is 3.75. The minimum atomic E-state index is -1.65. The summed E-state index contributed by atoms with van der Waals surface area (Å²) in [4.78, 5) is 23.7. The van der Waals surface area contributed by atoms with Crippen molar-refractivity contribution < 1.29 is 49.7 Å². The van der Waals surface area contributed by atoms with Crippen LogP contribution in [0.25, 0.3) is 0 Å². The first kappa shape index (κ1) is 29.1. The van der Waals surface area contributed by atoms with Crippen molar-refractivity contribution in [1.82, 2.24) is 5.32 Å². The second kappa shape index (κ2) is 13.8. The number of anilines is 1. The lowest BCUT2D eigenvalue weighted by Crippen LogP contribution is -2.60. The van der Waals surface area contributed by atoms with Crippen LogP contribution in [0.5, 0.6) is 0 Å². The molecule has 1 aromatic rings. The maximum atomic E-state index is 12.1. The molecule has 0 radical (unpaired) electrons. The van der Waals surface area contributed by atoms with Gasteiger partial charge in [-0.05, 0) is 37.5 Å². The number of carbonyl (C=O) groups is 2. The minimum absolute atomic E-state index is 0.0541. The first-order chi connectivity index (χ1) is 16.5. The standard InChI is InChI=1S/C23H36N2O10/c1-12-5-3-6-14(9-12)25-18(29)8-4-7-16(28)19(30)15(24-13(2)27)11-34-23-22(33)21(32)20(31)17(10-26)35-23/h3,5-6,9,15-17,19-23,26,28,30-33H,4,7-8,10-11H2,1-2H3,(H,24,27)(H,25,29)/t15-,16+,17?,19-,20-,21?,22-,23-/m0/s1. The molecule has 2 unspecified atom stereocenters. The molecule has 0 saturated carbocycles. The van der Waals surface area contributed by atoms with Gasteiger partial charge in [0.05, 0.1) is 25.4 Å². The third-order valence-electron chi connectivity index (χ3n) is 5.69. The Morgan fingerprint density at radius 3 is 2.49 bits per heavy atom. The summed E-state index contributed by atoms with van der Waals surface area (Å²) in [7, 11) is 0. The van der Waals surface area contributed by atoms with Crippen molar-refractivity contribution in [3.05, 3.63) is 29.8 Å². The Kier molecular flexibility index (Phi) is 11.5. The van der Waals surface area contributed by atoms with Crippen LogP contribution < -0.4 is 10.6 Å². The van der Waals surface area contributed by atoms with Crippen LogP contribution in [0.4, 0.5) is 5.69 Å². The van der Waals surface area contributed by atoms with Crippen LogP contribution in [-0.2, 0) is 19.1 Å². The number of nitrogens with one attached hydrogen (secondary N) is 2. The van der Waals surface area contributed by atoms with Crippen LogP contribution in [0.3, 0.4) is 0 Å². The molecule has 8 N–H and O–H groups in total. The zero-order valence-corrected chi connectivity index (χ0v) is 19.8. The molecule has 12 heteroatoms. The molecule has 2 amide bonds. The minimum Gasteiger partial charge on any atom is -0.394 e. The average molecular weight is 501 g/mol. The highest BCUT2D eigenvalue weighted by molar-refractivity contribution is 5.90. The van der Waals surface area contributed by atoms with Crippen LogP contribution in [0.2, 0.25) is 0 Å². The second-order valence-corrected chi connectivity index (χ2v) is 8.71. The summed E-state index contributed by atoms with van der Waals surface area (Å²) in [6.45, 7) is 2.04. The summed E-state index contributed by atoms with van der Waals surface area (Å²) < 4.78 is 10.6. The van der Waals surface area contributed by atoms with Crippen molar-refractivity contribution in [2.75, 3.05) is 18.5 Å². The van der Waals surface area contributed by atoms with Crippen molar-refractivity contribution in [3.8, 4) is 0 Å². The van der Waals surface area contributed by atoms with E-state index < -0.39 is 68.1 Å². The molecule has 198 valence electrons. The van der Waals surface area contributed by atoms with Gasteiger partial charge in [-0.2, -0.15) is 0 Å². The molecule has 1 saturated heterocycles. The molecule has 12 nitrogen and oxygen atoms in total. The van der Waals surface area contributed by atoms with Gasteiger partial charge < -0.3 is 50.7 Å². The molecule has 35 heavy (non-hydrogen) atoms. The smallest absolute Gasteiger partial charge is 0.224 e. The summed E-state index contributed by atoms with van der Waals surface area (Å²) in [6.07, 6.45) is -9.88. The van der Waals surface area contributed by atoms with Gasteiger partial charge in [0.15, 0.2) is 6.29 Å². The number of hydrogen-bond acceptors (Lipinski definition) is 10. The van der Waals surface area contributed by atoms with Gasteiger partial charge in [0, 0.05) is 19.0 Å². The highest BCUT2D eigenvalue weighted by Crippen LogP contribution is 2.22. The van der Waals surface area contributed by atoms with Crippen molar-refractivity contribution in [1.29, 1.82) is 0 Å². The number of hydrogen-bond donors (Lipinski definition) is 8. The number of amides is 2. The number of benzene rings is 1. The van der Waals surface area contributed by atoms with Gasteiger partial charge in [0.1, 0.15) is 30.5 Å². The fourth-order valence-electron chi connectivity index (χ4n) is 3.75. The predicted molar refractivity (Wildman–Crippen MR) is 123 cm³/mol. The Morgan fingerprint density at radius 1 is 1.14 bits per heavy atom. The Morgan fingerprint density at radius 2 is 1.86 bits per heavy atom. The van der Waals surface area contributed by atoms with E-state index in [4.69, 9.17) is 9.47 Å². The van der Waals surface area contributed by atoms with E-state index in [9.17, 15) is 40.2 Å². The lowest BCUT2D eigenvalue weighted by Gasteiger charge is -2.40. The zero-order valence-electron chi connectivity index (χ0n) is 19.8. The Bertz CT molecular complexity index is 823. The Hall–Kier alpha value is -2.16. The second-order valence-electron chi connectivity index (χ2n) is 8.71. The van der Waals surface area contributed by atoms with Gasteiger partial charge in [0.25, 0.3) is 0 Å². The number of carbonyl (C=O) groups excluding carboxylic acids is 2. The van der Waals surface area contributed by atoms with E-state index in [1.807, 2.05) is 25.1 Å². The molecule has 0 spiro atoms. The molecular weight excluding hydrogens is 464 g/mol. The van der Waals surface area contributed by atoms with E-state index in [0.29, 0.717) is 5.69 Å². The molecule has 0 aromatic heterocycles. The van der Waals surface area contributed by atoms with Crippen molar-refractivity contribution in [2.45, 2.75) is 82.1 Å². The van der Waals surface area contributed by atoms with Gasteiger partial charge >= 0.3 is 0 Å². The van der Waals surface area contributed by atoms with Gasteiger partial charge in [-0.25, -0.2) is 0 Å². The molecule has 1 aliphatic rings.